The Morgan fingerprint density at radius 3 is 2.85 bits per heavy atom. The highest BCUT2D eigenvalue weighted by molar-refractivity contribution is 7.80. The first kappa shape index (κ1) is 16.2. The van der Waals surface area contributed by atoms with Gasteiger partial charge in [0.2, 0.25) is 0 Å². The van der Waals surface area contributed by atoms with Crippen LogP contribution in [0.1, 0.15) is 25.3 Å². The highest BCUT2D eigenvalue weighted by Crippen LogP contribution is 2.27. The number of nitrogens with zero attached hydrogens (tertiary/aromatic N) is 1. The lowest BCUT2D eigenvalue weighted by Crippen LogP contribution is -2.28. The first-order valence-corrected chi connectivity index (χ1v) is 6.93. The van der Waals surface area contributed by atoms with Crippen molar-refractivity contribution < 1.29 is 9.47 Å². The van der Waals surface area contributed by atoms with E-state index in [4.69, 9.17) is 21.7 Å². The third-order valence-corrected chi connectivity index (χ3v) is 2.85. The molecule has 1 aromatic carbocycles. The molecule has 1 aromatic rings. The lowest BCUT2D eigenvalue weighted by molar-refractivity contribution is 0.288. The molecule has 0 unspecified atom stereocenters. The topological polar surface area (TPSA) is 54.9 Å². The molecular formula is C14H21N3O2S. The van der Waals surface area contributed by atoms with E-state index >= 15 is 0 Å². The molecule has 6 heteroatoms. The molecule has 1 rings (SSSR count). The van der Waals surface area contributed by atoms with Gasteiger partial charge >= 0.3 is 0 Å². The summed E-state index contributed by atoms with van der Waals surface area (Å²) in [6.07, 6.45) is 3.80. The molecule has 20 heavy (non-hydrogen) atoms. The second kappa shape index (κ2) is 9.14. The summed E-state index contributed by atoms with van der Waals surface area (Å²) in [5, 5.41) is 7.26. The van der Waals surface area contributed by atoms with E-state index < -0.39 is 0 Å². The number of unbranched alkanes of at least 4 members (excludes halogenated alkanes) is 1. The van der Waals surface area contributed by atoms with Crippen LogP contribution in [0.25, 0.3) is 0 Å². The summed E-state index contributed by atoms with van der Waals surface area (Å²) in [5.41, 5.74) is 3.59. The normalized spacial score (nSPS) is 10.3. The molecule has 0 fully saturated rings. The van der Waals surface area contributed by atoms with Gasteiger partial charge in [-0.1, -0.05) is 13.3 Å². The number of nitrogens with one attached hydrogen (secondary N) is 2. The number of hydrogen-bond acceptors (Lipinski definition) is 4. The average Bonchev–Trinajstić information content (AvgIpc) is 2.48. The van der Waals surface area contributed by atoms with E-state index in [0.717, 1.165) is 24.2 Å². The molecule has 0 bridgehead atoms. The van der Waals surface area contributed by atoms with Gasteiger partial charge in [0.25, 0.3) is 0 Å². The van der Waals surface area contributed by atoms with Crippen LogP contribution in [0.3, 0.4) is 0 Å². The maximum atomic E-state index is 5.67. The predicted octanol–water partition coefficient (Wildman–Crippen LogP) is 2.30. The Balaban J connectivity index is 2.68. The molecule has 0 aromatic heterocycles. The van der Waals surface area contributed by atoms with E-state index in [9.17, 15) is 0 Å². The van der Waals surface area contributed by atoms with E-state index in [0.29, 0.717) is 17.5 Å². The number of benzene rings is 1. The van der Waals surface area contributed by atoms with Crippen molar-refractivity contribution in [3.05, 3.63) is 23.8 Å². The van der Waals surface area contributed by atoms with Crippen molar-refractivity contribution in [3.63, 3.8) is 0 Å². The number of thiocarbonyl (C=S) groups is 1. The molecule has 0 spiro atoms. The summed E-state index contributed by atoms with van der Waals surface area (Å²) in [4.78, 5) is 0. The van der Waals surface area contributed by atoms with Gasteiger partial charge in [-0.2, -0.15) is 5.10 Å². The van der Waals surface area contributed by atoms with E-state index in [1.165, 1.54) is 0 Å². The summed E-state index contributed by atoms with van der Waals surface area (Å²) >= 11 is 4.92. The zero-order valence-corrected chi connectivity index (χ0v) is 12.9. The molecule has 0 aliphatic heterocycles. The third-order valence-electron chi connectivity index (χ3n) is 2.55. The molecule has 0 saturated heterocycles. The molecule has 5 nitrogen and oxygen atoms in total. The van der Waals surface area contributed by atoms with Crippen LogP contribution >= 0.6 is 12.2 Å². The van der Waals surface area contributed by atoms with Crippen LogP contribution in [0, 0.1) is 0 Å². The summed E-state index contributed by atoms with van der Waals surface area (Å²) in [6, 6.07) is 5.67. The van der Waals surface area contributed by atoms with Gasteiger partial charge in [0.15, 0.2) is 16.6 Å². The smallest absolute Gasteiger partial charge is 0.186 e. The first-order chi connectivity index (χ1) is 9.71. The Bertz CT molecular complexity index is 464. The van der Waals surface area contributed by atoms with Crippen molar-refractivity contribution in [2.24, 2.45) is 5.10 Å². The highest BCUT2D eigenvalue weighted by Gasteiger charge is 2.04. The standard InChI is InChI=1S/C14H21N3O2S/c1-4-5-8-19-12-7-6-11(9-13(12)18-3)10-16-17-14(20)15-2/h6-7,9-10H,4-5,8H2,1-3H3,(H2,15,17,20)/b16-10-. The van der Waals surface area contributed by atoms with Crippen LogP contribution < -0.4 is 20.2 Å². The molecule has 0 radical (unpaired) electrons. The Morgan fingerprint density at radius 2 is 2.20 bits per heavy atom. The molecular weight excluding hydrogens is 274 g/mol. The van der Waals surface area contributed by atoms with Crippen molar-refractivity contribution in [3.8, 4) is 11.5 Å². The predicted molar refractivity (Wildman–Crippen MR) is 85.8 cm³/mol. The fourth-order valence-electron chi connectivity index (χ4n) is 1.43. The molecule has 0 aliphatic carbocycles. The number of ether oxygens (including phenoxy) is 2. The van der Waals surface area contributed by atoms with Gasteiger partial charge in [-0.25, -0.2) is 0 Å². The Morgan fingerprint density at radius 1 is 1.40 bits per heavy atom. The summed E-state index contributed by atoms with van der Waals surface area (Å²) < 4.78 is 11.0. The zero-order valence-electron chi connectivity index (χ0n) is 12.1. The molecule has 110 valence electrons. The average molecular weight is 295 g/mol. The van der Waals surface area contributed by atoms with Crippen LogP contribution in [0.2, 0.25) is 0 Å². The monoisotopic (exact) mass is 295 g/mol. The zero-order chi connectivity index (χ0) is 14.8. The van der Waals surface area contributed by atoms with Gasteiger partial charge in [0.05, 0.1) is 19.9 Å². The van der Waals surface area contributed by atoms with Crippen LogP contribution in [0.15, 0.2) is 23.3 Å². The van der Waals surface area contributed by atoms with E-state index in [1.54, 1.807) is 20.4 Å². The molecule has 0 amide bonds. The number of hydrogen-bond donors (Lipinski definition) is 2. The van der Waals surface area contributed by atoms with E-state index in [1.807, 2.05) is 18.2 Å². The van der Waals surface area contributed by atoms with Crippen molar-refractivity contribution in [2.75, 3.05) is 20.8 Å². The van der Waals surface area contributed by atoms with Crippen LogP contribution in [0.4, 0.5) is 0 Å². The molecule has 0 atom stereocenters. The SMILES string of the molecule is CCCCOc1ccc(/C=N\NC(=S)NC)cc1OC. The Labute approximate surface area is 125 Å². The quantitative estimate of drug-likeness (QED) is 0.350. The third kappa shape index (κ3) is 5.44. The van der Waals surface area contributed by atoms with Crippen molar-refractivity contribution in [2.45, 2.75) is 19.8 Å². The van der Waals surface area contributed by atoms with Crippen molar-refractivity contribution in [1.29, 1.82) is 0 Å². The molecule has 2 N–H and O–H groups in total. The van der Waals surface area contributed by atoms with Crippen molar-refractivity contribution in [1.82, 2.24) is 10.7 Å². The van der Waals surface area contributed by atoms with Gasteiger partial charge in [-0.05, 0) is 42.4 Å². The maximum absolute atomic E-state index is 5.67. The summed E-state index contributed by atoms with van der Waals surface area (Å²) in [5.74, 6) is 1.44. The van der Waals surface area contributed by atoms with Gasteiger partial charge in [0.1, 0.15) is 0 Å². The Kier molecular flexibility index (Phi) is 7.42. The molecule has 0 aliphatic rings. The Hall–Kier alpha value is -1.82. The second-order valence-corrected chi connectivity index (χ2v) is 4.47. The van der Waals surface area contributed by atoms with E-state index in [-0.39, 0.29) is 0 Å². The van der Waals surface area contributed by atoms with Crippen molar-refractivity contribution >= 4 is 23.5 Å². The van der Waals surface area contributed by atoms with Crippen LogP contribution in [-0.2, 0) is 0 Å². The minimum absolute atomic E-state index is 0.465. The fraction of sp³-hybridized carbons (Fsp3) is 0.429. The van der Waals surface area contributed by atoms with Crippen LogP contribution in [0.5, 0.6) is 11.5 Å². The minimum atomic E-state index is 0.465. The fourth-order valence-corrected chi connectivity index (χ4v) is 1.48. The summed E-state index contributed by atoms with van der Waals surface area (Å²) in [7, 11) is 3.35. The number of methoxy groups -OCH3 is 1. The van der Waals surface area contributed by atoms with Gasteiger partial charge in [-0.15, -0.1) is 0 Å². The van der Waals surface area contributed by atoms with Gasteiger partial charge < -0.3 is 14.8 Å². The second-order valence-electron chi connectivity index (χ2n) is 4.06. The van der Waals surface area contributed by atoms with Gasteiger partial charge in [0, 0.05) is 7.05 Å². The highest BCUT2D eigenvalue weighted by atomic mass is 32.1. The number of hydrazone groups is 1. The maximum Gasteiger partial charge on any atom is 0.186 e. The molecule has 0 heterocycles. The minimum Gasteiger partial charge on any atom is -0.493 e. The lowest BCUT2D eigenvalue weighted by atomic mass is 10.2. The van der Waals surface area contributed by atoms with Gasteiger partial charge in [-0.3, -0.25) is 5.43 Å². The van der Waals surface area contributed by atoms with Crippen LogP contribution in [-0.4, -0.2) is 32.1 Å². The largest absolute Gasteiger partial charge is 0.493 e. The molecule has 0 saturated carbocycles. The first-order valence-electron chi connectivity index (χ1n) is 6.52. The van der Waals surface area contributed by atoms with E-state index in [2.05, 4.69) is 22.8 Å². The summed E-state index contributed by atoms with van der Waals surface area (Å²) in [6.45, 7) is 2.82. The lowest BCUT2D eigenvalue weighted by Gasteiger charge is -2.10. The number of rotatable bonds is 7.